The molecule has 0 saturated carbocycles. The summed E-state index contributed by atoms with van der Waals surface area (Å²) in [5, 5.41) is 17.9. The Morgan fingerprint density at radius 2 is 2.24 bits per heavy atom. The second-order valence-corrected chi connectivity index (χ2v) is 4.66. The summed E-state index contributed by atoms with van der Waals surface area (Å²) >= 11 is 0. The number of quaternary nitrogens is 1. The van der Waals surface area contributed by atoms with E-state index >= 15 is 0 Å². The van der Waals surface area contributed by atoms with Gasteiger partial charge in [0, 0.05) is 13.0 Å². The highest BCUT2D eigenvalue weighted by molar-refractivity contribution is 6.01. The Morgan fingerprint density at radius 3 is 2.90 bits per heavy atom. The number of anilines is 1. The summed E-state index contributed by atoms with van der Waals surface area (Å²) in [5.74, 6) is -0.448. The van der Waals surface area contributed by atoms with E-state index in [4.69, 9.17) is 10.6 Å². The maximum Gasteiger partial charge on any atom is 0.278 e. The summed E-state index contributed by atoms with van der Waals surface area (Å²) in [6, 6.07) is 6.71. The number of carbonyl (C=O) groups excluding carboxylic acids is 1. The lowest BCUT2D eigenvalue weighted by Gasteiger charge is -2.38. The molecule has 0 radical (unpaired) electrons. The van der Waals surface area contributed by atoms with Crippen LogP contribution in [0, 0.1) is 5.21 Å². The third-order valence-electron chi connectivity index (χ3n) is 2.92. The average Bonchev–Trinajstić information content (AvgIpc) is 2.44. The molecule has 1 unspecified atom stereocenters. The number of benzene rings is 1. The number of hydrogen-bond donors (Lipinski definition) is 2. The number of hydrazine groups is 1. The van der Waals surface area contributed by atoms with Gasteiger partial charge < -0.3 is 10.9 Å². The van der Waals surface area contributed by atoms with E-state index in [0.29, 0.717) is 5.69 Å². The third-order valence-corrected chi connectivity index (χ3v) is 2.92. The number of amides is 1. The molecule has 0 spiro atoms. The van der Waals surface area contributed by atoms with E-state index in [0.717, 1.165) is 12.8 Å². The van der Waals surface area contributed by atoms with Crippen LogP contribution in [0.2, 0.25) is 0 Å². The smallest absolute Gasteiger partial charge is 0.278 e. The molecule has 8 heteroatoms. The number of para-hydroxylation sites is 1. The van der Waals surface area contributed by atoms with Gasteiger partial charge in [-0.3, -0.25) is 10.2 Å². The quantitative estimate of drug-likeness (QED) is 0.484. The van der Waals surface area contributed by atoms with Crippen molar-refractivity contribution in [3.63, 3.8) is 0 Å². The molecule has 0 fully saturated rings. The normalized spacial score (nSPS) is 20.7. The molecule has 3 N–H and O–H groups in total. The number of fused-ring (bicyclic) bond motifs is 1. The molecule has 0 saturated heterocycles. The van der Waals surface area contributed by atoms with Crippen molar-refractivity contribution < 1.29 is 9.63 Å². The minimum absolute atomic E-state index is 0.129. The van der Waals surface area contributed by atoms with Crippen molar-refractivity contribution >= 4 is 23.2 Å². The van der Waals surface area contributed by atoms with Crippen LogP contribution in [0.5, 0.6) is 0 Å². The molecule has 0 aromatic heterocycles. The fraction of sp³-hybridized carbons (Fsp3) is 0.385. The van der Waals surface area contributed by atoms with Crippen LogP contribution in [0.25, 0.3) is 0 Å². The van der Waals surface area contributed by atoms with Crippen LogP contribution in [0.3, 0.4) is 0 Å². The van der Waals surface area contributed by atoms with Crippen LogP contribution < -0.4 is 21.1 Å². The van der Waals surface area contributed by atoms with E-state index in [-0.39, 0.29) is 24.2 Å². The molecular weight excluding hydrogens is 274 g/mol. The van der Waals surface area contributed by atoms with Gasteiger partial charge in [0.1, 0.15) is 12.3 Å². The Labute approximate surface area is 122 Å². The summed E-state index contributed by atoms with van der Waals surface area (Å²) in [7, 11) is 0. The Kier molecular flexibility index (Phi) is 4.41. The molecule has 1 heterocycles. The Bertz CT molecular complexity index is 562. The van der Waals surface area contributed by atoms with E-state index in [9.17, 15) is 10.0 Å². The molecule has 1 aromatic rings. The van der Waals surface area contributed by atoms with E-state index in [1.807, 2.05) is 6.92 Å². The summed E-state index contributed by atoms with van der Waals surface area (Å²) in [6.07, 6.45) is 1.65. The SMILES string of the molecule is CCCCO[N+]1([O-])N=C(N)N(NC(C)=O)c2ccccc21. The monoisotopic (exact) mass is 293 g/mol. The van der Waals surface area contributed by atoms with Gasteiger partial charge in [0.2, 0.25) is 11.6 Å². The van der Waals surface area contributed by atoms with Crippen molar-refractivity contribution in [1.29, 1.82) is 0 Å². The van der Waals surface area contributed by atoms with Gasteiger partial charge in [-0.25, -0.2) is 5.01 Å². The number of hydrogen-bond acceptors (Lipinski definition) is 6. The Balaban J connectivity index is 2.38. The summed E-state index contributed by atoms with van der Waals surface area (Å²) < 4.78 is 0. The Hall–Kier alpha value is -2.16. The number of guanidine groups is 1. The number of carbonyl (C=O) groups is 1. The number of rotatable bonds is 5. The first-order valence-electron chi connectivity index (χ1n) is 6.75. The summed E-state index contributed by atoms with van der Waals surface area (Å²) in [4.78, 5) is 15.3. The first kappa shape index (κ1) is 15.2. The highest BCUT2D eigenvalue weighted by atomic mass is 17.0. The molecule has 1 amide bonds. The fourth-order valence-corrected chi connectivity index (χ4v) is 1.96. The van der Waals surface area contributed by atoms with Crippen LogP contribution in [-0.4, -0.2) is 18.5 Å². The minimum atomic E-state index is -1.34. The predicted molar refractivity (Wildman–Crippen MR) is 80.4 cm³/mol. The van der Waals surface area contributed by atoms with E-state index in [1.165, 1.54) is 11.9 Å². The zero-order valence-electron chi connectivity index (χ0n) is 12.1. The van der Waals surface area contributed by atoms with E-state index in [1.54, 1.807) is 24.3 Å². The second kappa shape index (κ2) is 6.08. The molecular formula is C13H19N5O3. The average molecular weight is 293 g/mol. The minimum Gasteiger partial charge on any atom is -0.565 e. The Morgan fingerprint density at radius 1 is 1.52 bits per heavy atom. The zero-order chi connectivity index (χ0) is 15.5. The number of nitrogens with zero attached hydrogens (tertiary/aromatic N) is 3. The molecule has 8 nitrogen and oxygen atoms in total. The lowest BCUT2D eigenvalue weighted by molar-refractivity contribution is -0.119. The number of nitrogens with one attached hydrogen (secondary N) is 1. The van der Waals surface area contributed by atoms with Crippen molar-refractivity contribution in [2.45, 2.75) is 26.7 Å². The van der Waals surface area contributed by atoms with Crippen LogP contribution in [0.1, 0.15) is 26.7 Å². The van der Waals surface area contributed by atoms with Gasteiger partial charge in [-0.2, -0.15) is 4.84 Å². The first-order valence-corrected chi connectivity index (χ1v) is 6.75. The van der Waals surface area contributed by atoms with Crippen molar-refractivity contribution in [3.05, 3.63) is 29.5 Å². The van der Waals surface area contributed by atoms with Crippen LogP contribution in [0.15, 0.2) is 29.4 Å². The molecule has 0 aliphatic carbocycles. The predicted octanol–water partition coefficient (Wildman–Crippen LogP) is 1.32. The van der Waals surface area contributed by atoms with Crippen molar-refractivity contribution in [1.82, 2.24) is 10.3 Å². The zero-order valence-corrected chi connectivity index (χ0v) is 12.1. The van der Waals surface area contributed by atoms with Crippen molar-refractivity contribution in [2.75, 3.05) is 11.6 Å². The van der Waals surface area contributed by atoms with Crippen LogP contribution in [0.4, 0.5) is 11.4 Å². The first-order chi connectivity index (χ1) is 9.98. The molecule has 0 bridgehead atoms. The van der Waals surface area contributed by atoms with Gasteiger partial charge in [-0.1, -0.05) is 25.5 Å². The van der Waals surface area contributed by atoms with E-state index < -0.39 is 4.92 Å². The van der Waals surface area contributed by atoms with Gasteiger partial charge in [-0.05, 0) is 22.5 Å². The lowest BCUT2D eigenvalue weighted by Crippen LogP contribution is -2.56. The van der Waals surface area contributed by atoms with Crippen LogP contribution >= 0.6 is 0 Å². The van der Waals surface area contributed by atoms with E-state index in [2.05, 4.69) is 10.5 Å². The van der Waals surface area contributed by atoms with Gasteiger partial charge in [0.25, 0.3) is 5.96 Å². The fourth-order valence-electron chi connectivity index (χ4n) is 1.96. The highest BCUT2D eigenvalue weighted by Crippen LogP contribution is 2.37. The molecule has 114 valence electrons. The van der Waals surface area contributed by atoms with Gasteiger partial charge in [0.05, 0.1) is 0 Å². The van der Waals surface area contributed by atoms with Crippen LogP contribution in [-0.2, 0) is 9.63 Å². The van der Waals surface area contributed by atoms with Gasteiger partial charge in [-0.15, -0.1) is 0 Å². The standard InChI is InChI=1S/C13H19N5O3/c1-3-4-9-21-18(20)12-8-6-5-7-11(12)17(13(14)16-18)15-10(2)19/h5-8H,3-4,9H2,1-2H3,(H2,14,16)(H,15,19). The molecule has 1 aromatic carbocycles. The maximum atomic E-state index is 12.8. The molecule has 1 aliphatic rings. The third kappa shape index (κ3) is 3.13. The molecule has 1 aliphatic heterocycles. The van der Waals surface area contributed by atoms with Gasteiger partial charge in [0.15, 0.2) is 0 Å². The lowest BCUT2D eigenvalue weighted by atomic mass is 10.2. The second-order valence-electron chi connectivity index (χ2n) is 4.66. The van der Waals surface area contributed by atoms with Crippen molar-refractivity contribution in [3.8, 4) is 0 Å². The summed E-state index contributed by atoms with van der Waals surface area (Å²) in [5.41, 5.74) is 9.01. The van der Waals surface area contributed by atoms with Crippen molar-refractivity contribution in [2.24, 2.45) is 10.8 Å². The maximum absolute atomic E-state index is 12.8. The topological polar surface area (TPSA) is 103 Å². The largest absolute Gasteiger partial charge is 0.565 e. The highest BCUT2D eigenvalue weighted by Gasteiger charge is 2.36. The molecule has 1 atom stereocenters. The summed E-state index contributed by atoms with van der Waals surface area (Å²) in [6.45, 7) is 3.62. The molecule has 21 heavy (non-hydrogen) atoms. The molecule has 2 rings (SSSR count). The number of nitrogens with two attached hydrogens (primary N) is 1. The van der Waals surface area contributed by atoms with Gasteiger partial charge >= 0.3 is 0 Å². The number of unbranched alkanes of at least 4 members (excludes halogenated alkanes) is 1.